The maximum atomic E-state index is 14.7. The average molecular weight is 682 g/mol. The second-order valence-electron chi connectivity index (χ2n) is 11.9. The summed E-state index contributed by atoms with van der Waals surface area (Å²) in [6.07, 6.45) is -6.17. The lowest BCUT2D eigenvalue weighted by molar-refractivity contribution is -0.670. The van der Waals surface area contributed by atoms with E-state index in [2.05, 4.69) is 5.32 Å². The number of ether oxygens (including phenoxy) is 4. The molecule has 14 heteroatoms. The van der Waals surface area contributed by atoms with E-state index >= 15 is 0 Å². The van der Waals surface area contributed by atoms with Crippen LogP contribution in [0.15, 0.2) is 41.3 Å². The molecule has 2 saturated heterocycles. The number of nitrogens with zero attached hydrogens (tertiary/aromatic N) is 1. The molecule has 258 valence electrons. The quantitative estimate of drug-likeness (QED) is 0.217. The minimum Gasteiger partial charge on any atom is -0.496 e. The van der Waals surface area contributed by atoms with Crippen molar-refractivity contribution in [3.63, 3.8) is 0 Å². The zero-order valence-electron chi connectivity index (χ0n) is 26.8. The van der Waals surface area contributed by atoms with E-state index in [0.29, 0.717) is 16.8 Å². The van der Waals surface area contributed by atoms with Crippen LogP contribution in [0, 0.1) is 11.7 Å². The molecule has 12 nitrogen and oxygen atoms in total. The molecule has 2 aliphatic heterocycles. The van der Waals surface area contributed by atoms with Gasteiger partial charge in [-0.2, -0.15) is 0 Å². The van der Waals surface area contributed by atoms with Gasteiger partial charge >= 0.3 is 5.97 Å². The number of morpholine rings is 1. The van der Waals surface area contributed by atoms with Gasteiger partial charge in [-0.1, -0.05) is 37.6 Å². The highest BCUT2D eigenvalue weighted by molar-refractivity contribution is 6.30. The number of carbonyl (C=O) groups is 1. The fourth-order valence-electron chi connectivity index (χ4n) is 5.54. The summed E-state index contributed by atoms with van der Waals surface area (Å²) >= 11 is 5.95. The SMILES string of the molecule is C1COCC[NH2+]1.COc1cc2c(cc1Cc1cccc(Cl)c1F)c(=O)c(C(=O)O[C@@H]1O[C@H](C)[C@@H](O)[C@H](O)[C@H]1O)cn2[C@H](CO)C(C)C. The number of esters is 1. The van der Waals surface area contributed by atoms with E-state index in [4.69, 9.17) is 30.5 Å². The molecule has 0 bridgehead atoms. The largest absolute Gasteiger partial charge is 0.496 e. The Balaban J connectivity index is 0.000000748. The van der Waals surface area contributed by atoms with E-state index in [1.807, 2.05) is 13.8 Å². The number of halogens is 2. The topological polar surface area (TPSA) is 174 Å². The number of fused-ring (bicyclic) bond motifs is 1. The Kier molecular flexibility index (Phi) is 12.7. The van der Waals surface area contributed by atoms with Crippen LogP contribution in [-0.2, 0) is 20.6 Å². The Labute approximate surface area is 276 Å². The van der Waals surface area contributed by atoms with E-state index in [0.717, 1.165) is 26.3 Å². The molecular formula is C33H43ClFN2O10+. The van der Waals surface area contributed by atoms with Crippen molar-refractivity contribution in [2.24, 2.45) is 5.92 Å². The van der Waals surface area contributed by atoms with Crippen molar-refractivity contribution >= 4 is 28.5 Å². The van der Waals surface area contributed by atoms with Crippen LogP contribution in [0.1, 0.15) is 48.3 Å². The molecule has 0 saturated carbocycles. The number of hydrogen-bond acceptors (Lipinski definition) is 10. The fraction of sp³-hybridized carbons (Fsp3) is 0.515. The third-order valence-electron chi connectivity index (χ3n) is 8.34. The van der Waals surface area contributed by atoms with E-state index in [-0.39, 0.29) is 34.9 Å². The minimum absolute atomic E-state index is 0.0213. The van der Waals surface area contributed by atoms with E-state index in [1.54, 1.807) is 22.8 Å². The number of rotatable bonds is 8. The van der Waals surface area contributed by atoms with Gasteiger partial charge in [0.2, 0.25) is 11.7 Å². The summed E-state index contributed by atoms with van der Waals surface area (Å²) in [6.45, 7) is 9.01. The molecule has 3 aromatic rings. The van der Waals surface area contributed by atoms with Crippen LogP contribution in [0.4, 0.5) is 4.39 Å². The number of hydrogen-bond donors (Lipinski definition) is 5. The number of benzene rings is 2. The number of quaternary nitrogens is 1. The van der Waals surface area contributed by atoms with Gasteiger partial charge in [-0.3, -0.25) is 4.79 Å². The zero-order chi connectivity index (χ0) is 34.4. The molecule has 3 heterocycles. The number of pyridine rings is 1. The smallest absolute Gasteiger partial charge is 0.346 e. The Hall–Kier alpha value is -3.14. The number of aliphatic hydroxyl groups excluding tert-OH is 4. The molecule has 6 N–H and O–H groups in total. The molecule has 6 atom stereocenters. The number of aromatic nitrogens is 1. The molecule has 2 aliphatic rings. The molecule has 2 fully saturated rings. The zero-order valence-corrected chi connectivity index (χ0v) is 27.5. The van der Waals surface area contributed by atoms with Crippen molar-refractivity contribution in [2.75, 3.05) is 40.0 Å². The molecule has 47 heavy (non-hydrogen) atoms. The molecule has 1 aromatic heterocycles. The van der Waals surface area contributed by atoms with Crippen molar-refractivity contribution in [1.29, 1.82) is 0 Å². The van der Waals surface area contributed by atoms with Crippen molar-refractivity contribution in [3.8, 4) is 5.75 Å². The maximum Gasteiger partial charge on any atom is 0.346 e. The van der Waals surface area contributed by atoms with Crippen LogP contribution < -0.4 is 15.5 Å². The third-order valence-corrected chi connectivity index (χ3v) is 8.64. The number of nitrogens with two attached hydrogens (primary N) is 1. The van der Waals surface area contributed by atoms with Crippen LogP contribution in [0.3, 0.4) is 0 Å². The summed E-state index contributed by atoms with van der Waals surface area (Å²) in [5, 5.41) is 42.8. The van der Waals surface area contributed by atoms with Crippen molar-refractivity contribution in [2.45, 2.75) is 63.9 Å². The standard InChI is InChI=1S/C29H33ClFNO9.C4H9NO/c1-13(2)21(12-33)32-11-18(28(38)41-29-27(37)26(36)24(34)14(3)40-29)25(35)17-9-16(22(39-4)10-20(17)32)8-15-6-5-7-19(30)23(15)31;1-3-6-4-2-5-1/h5-7,9-11,13-14,21,24,26-27,29,33-34,36-37H,8,12H2,1-4H3;5H,1-4H2/p+1/t14-,21-,24-,26+,27-,29+;/m1./s1. The Morgan fingerprint density at radius 2 is 1.83 bits per heavy atom. The second-order valence-corrected chi connectivity index (χ2v) is 12.3. The lowest BCUT2D eigenvalue weighted by atomic mass is 9.98. The molecule has 0 aliphatic carbocycles. The predicted molar refractivity (Wildman–Crippen MR) is 170 cm³/mol. The first kappa shape index (κ1) is 36.7. The van der Waals surface area contributed by atoms with Gasteiger partial charge in [-0.15, -0.1) is 0 Å². The second kappa shape index (κ2) is 16.3. The van der Waals surface area contributed by atoms with Gasteiger partial charge in [0.25, 0.3) is 0 Å². The predicted octanol–water partition coefficient (Wildman–Crippen LogP) is 1.15. The van der Waals surface area contributed by atoms with E-state index < -0.39 is 59.5 Å². The van der Waals surface area contributed by atoms with Crippen LogP contribution in [0.25, 0.3) is 10.9 Å². The van der Waals surface area contributed by atoms with Gasteiger partial charge in [-0.25, -0.2) is 9.18 Å². The van der Waals surface area contributed by atoms with Crippen LogP contribution in [0.2, 0.25) is 5.02 Å². The van der Waals surface area contributed by atoms with Gasteiger partial charge in [0.15, 0.2) is 0 Å². The number of aliphatic hydroxyl groups is 4. The molecule has 0 amide bonds. The highest BCUT2D eigenvalue weighted by Gasteiger charge is 2.44. The Morgan fingerprint density at radius 3 is 2.40 bits per heavy atom. The van der Waals surface area contributed by atoms with Gasteiger partial charge in [0.05, 0.1) is 62.7 Å². The monoisotopic (exact) mass is 681 g/mol. The fourth-order valence-corrected chi connectivity index (χ4v) is 5.73. The molecule has 0 spiro atoms. The molecule has 2 aromatic carbocycles. The molecule has 0 unspecified atom stereocenters. The lowest BCUT2D eigenvalue weighted by Crippen LogP contribution is -2.87. The van der Waals surface area contributed by atoms with Gasteiger partial charge in [0.1, 0.15) is 35.4 Å². The summed E-state index contributed by atoms with van der Waals surface area (Å²) < 4.78 is 37.6. The van der Waals surface area contributed by atoms with Crippen LogP contribution >= 0.6 is 11.6 Å². The maximum absolute atomic E-state index is 14.7. The Bertz CT molecular complexity index is 1590. The van der Waals surface area contributed by atoms with Crippen LogP contribution in [0.5, 0.6) is 5.75 Å². The van der Waals surface area contributed by atoms with Crippen LogP contribution in [-0.4, -0.2) is 102 Å². The molecule has 5 rings (SSSR count). The number of carbonyl (C=O) groups excluding carboxylic acids is 1. The Morgan fingerprint density at radius 1 is 1.13 bits per heavy atom. The first-order valence-electron chi connectivity index (χ1n) is 15.5. The first-order valence-corrected chi connectivity index (χ1v) is 15.9. The first-order chi connectivity index (χ1) is 22.4. The lowest BCUT2D eigenvalue weighted by Gasteiger charge is -2.38. The van der Waals surface area contributed by atoms with Crippen molar-refractivity contribution < 1.29 is 53.9 Å². The van der Waals surface area contributed by atoms with Crippen molar-refractivity contribution in [1.82, 2.24) is 4.57 Å². The average Bonchev–Trinajstić information content (AvgIpc) is 3.06. The van der Waals surface area contributed by atoms with Gasteiger partial charge < -0.3 is 49.3 Å². The summed E-state index contributed by atoms with van der Waals surface area (Å²) in [5.74, 6) is -1.55. The summed E-state index contributed by atoms with van der Waals surface area (Å²) in [4.78, 5) is 27.0. The minimum atomic E-state index is -1.77. The summed E-state index contributed by atoms with van der Waals surface area (Å²) in [6, 6.07) is 7.08. The highest BCUT2D eigenvalue weighted by Crippen LogP contribution is 2.32. The number of methoxy groups -OCH3 is 1. The van der Waals surface area contributed by atoms with Crippen molar-refractivity contribution in [3.05, 3.63) is 74.3 Å². The van der Waals surface area contributed by atoms with Gasteiger partial charge in [0, 0.05) is 24.1 Å². The molecular weight excluding hydrogens is 639 g/mol. The van der Waals surface area contributed by atoms with Gasteiger partial charge in [-0.05, 0) is 36.1 Å². The summed E-state index contributed by atoms with van der Waals surface area (Å²) in [5.41, 5.74) is -0.0912. The third kappa shape index (κ3) is 8.30. The molecule has 0 radical (unpaired) electrons. The van der Waals surface area contributed by atoms with E-state index in [9.17, 15) is 34.4 Å². The summed E-state index contributed by atoms with van der Waals surface area (Å²) in [7, 11) is 1.43. The van der Waals surface area contributed by atoms with E-state index in [1.165, 1.54) is 32.4 Å². The normalized spacial score (nSPS) is 23.6. The highest BCUT2D eigenvalue weighted by atomic mass is 35.5.